The second-order valence-electron chi connectivity index (χ2n) is 5.82. The number of hydrogen-bond donors (Lipinski definition) is 2. The first kappa shape index (κ1) is 22.6. The normalized spacial score (nSPS) is 10.3. The summed E-state index contributed by atoms with van der Waals surface area (Å²) in [4.78, 5) is 12.4. The van der Waals surface area contributed by atoms with E-state index in [1.165, 1.54) is 0 Å². The summed E-state index contributed by atoms with van der Waals surface area (Å²) < 4.78 is 21.4. The van der Waals surface area contributed by atoms with Crippen LogP contribution in [-0.4, -0.2) is 51.2 Å². The summed E-state index contributed by atoms with van der Waals surface area (Å²) in [6, 6.07) is 14.1. The van der Waals surface area contributed by atoms with E-state index in [0.29, 0.717) is 55.8 Å². The topological polar surface area (TPSA) is 78.1 Å². The lowest BCUT2D eigenvalue weighted by molar-refractivity contribution is 0.0977. The Kier molecular flexibility index (Phi) is 9.91. The quantitative estimate of drug-likeness (QED) is 0.428. The maximum atomic E-state index is 12.4. The van der Waals surface area contributed by atoms with E-state index in [1.54, 1.807) is 31.4 Å². The summed E-state index contributed by atoms with van der Waals surface area (Å²) >= 11 is 5.26. The first-order valence-corrected chi connectivity index (χ1v) is 9.68. The zero-order chi connectivity index (χ0) is 20.9. The van der Waals surface area contributed by atoms with Gasteiger partial charge in [0.25, 0.3) is 5.91 Å². The lowest BCUT2D eigenvalue weighted by Gasteiger charge is -2.14. The van der Waals surface area contributed by atoms with Gasteiger partial charge in [0.15, 0.2) is 5.11 Å². The molecule has 0 saturated carbocycles. The van der Waals surface area contributed by atoms with Gasteiger partial charge in [0.1, 0.15) is 24.7 Å². The van der Waals surface area contributed by atoms with Crippen LogP contribution in [0.2, 0.25) is 0 Å². The lowest BCUT2D eigenvalue weighted by Crippen LogP contribution is -2.34. The van der Waals surface area contributed by atoms with E-state index in [0.717, 1.165) is 0 Å². The van der Waals surface area contributed by atoms with E-state index in [2.05, 4.69) is 10.6 Å². The maximum absolute atomic E-state index is 12.4. The highest BCUT2D eigenvalue weighted by atomic mass is 32.1. The molecule has 156 valence electrons. The molecule has 0 aliphatic rings. The first-order valence-electron chi connectivity index (χ1n) is 9.27. The number of para-hydroxylation sites is 2. The van der Waals surface area contributed by atoms with Gasteiger partial charge >= 0.3 is 0 Å². The van der Waals surface area contributed by atoms with Crippen LogP contribution in [0, 0.1) is 0 Å². The first-order chi connectivity index (χ1) is 14.1. The van der Waals surface area contributed by atoms with E-state index in [9.17, 15) is 4.79 Å². The number of benzene rings is 2. The molecule has 0 radical (unpaired) electrons. The van der Waals surface area contributed by atoms with Crippen molar-refractivity contribution < 1.29 is 23.7 Å². The Morgan fingerprint density at radius 3 is 2.41 bits per heavy atom. The van der Waals surface area contributed by atoms with Gasteiger partial charge in [0.05, 0.1) is 18.9 Å². The Labute approximate surface area is 176 Å². The number of carbonyl (C=O) groups excluding carboxylic acids is 1. The third-order valence-electron chi connectivity index (χ3n) is 3.72. The Bertz CT molecular complexity index is 783. The molecule has 0 saturated heterocycles. The minimum atomic E-state index is -0.319. The number of amides is 1. The number of carbonyl (C=O) groups is 1. The monoisotopic (exact) mass is 418 g/mol. The average molecular weight is 419 g/mol. The number of rotatable bonds is 11. The number of hydrogen-bond acceptors (Lipinski definition) is 6. The second kappa shape index (κ2) is 12.7. The molecule has 2 rings (SSSR count). The molecule has 29 heavy (non-hydrogen) atoms. The van der Waals surface area contributed by atoms with Crippen LogP contribution in [0.3, 0.4) is 0 Å². The Balaban J connectivity index is 1.88. The molecule has 7 nitrogen and oxygen atoms in total. The van der Waals surface area contributed by atoms with Gasteiger partial charge in [-0.05, 0) is 55.5 Å². The zero-order valence-electron chi connectivity index (χ0n) is 16.6. The number of anilines is 1. The molecule has 0 unspecified atom stereocenters. The summed E-state index contributed by atoms with van der Waals surface area (Å²) in [5.41, 5.74) is 1.13. The fraction of sp³-hybridized carbons (Fsp3) is 0.333. The van der Waals surface area contributed by atoms with Gasteiger partial charge in [-0.15, -0.1) is 0 Å². The summed E-state index contributed by atoms with van der Waals surface area (Å²) in [5.74, 6) is 0.972. The van der Waals surface area contributed by atoms with Crippen molar-refractivity contribution >= 4 is 28.9 Å². The van der Waals surface area contributed by atoms with Crippen molar-refractivity contribution in [3.63, 3.8) is 0 Å². The van der Waals surface area contributed by atoms with Crippen LogP contribution in [0.5, 0.6) is 11.5 Å². The van der Waals surface area contributed by atoms with Gasteiger partial charge in [-0.3, -0.25) is 10.1 Å². The van der Waals surface area contributed by atoms with Gasteiger partial charge in [-0.25, -0.2) is 0 Å². The molecule has 0 aliphatic carbocycles. The molecule has 0 spiro atoms. The van der Waals surface area contributed by atoms with E-state index in [4.69, 9.17) is 31.2 Å². The van der Waals surface area contributed by atoms with Crippen molar-refractivity contribution in [3.8, 4) is 11.5 Å². The van der Waals surface area contributed by atoms with Gasteiger partial charge in [-0.2, -0.15) is 0 Å². The molecular formula is C21H26N2O5S. The molecule has 1 amide bonds. The molecule has 0 bridgehead atoms. The summed E-state index contributed by atoms with van der Waals surface area (Å²) in [5, 5.41) is 5.83. The summed E-state index contributed by atoms with van der Waals surface area (Å²) in [7, 11) is 1.61. The van der Waals surface area contributed by atoms with Gasteiger partial charge in [0, 0.05) is 19.3 Å². The number of ether oxygens (including phenoxy) is 4. The largest absolute Gasteiger partial charge is 0.491 e. The molecule has 0 fully saturated rings. The standard InChI is InChI=1S/C21H26N2O5S/c1-3-26-13-15-28-19-7-5-4-6-18(19)22-21(29)23-20(24)16-8-10-17(11-9-16)27-14-12-25-2/h4-11H,3,12-15H2,1-2H3,(H2,22,23,24,29). The van der Waals surface area contributed by atoms with Crippen molar-refractivity contribution in [3.05, 3.63) is 54.1 Å². The summed E-state index contributed by atoms with van der Waals surface area (Å²) in [6.07, 6.45) is 0. The van der Waals surface area contributed by atoms with Crippen LogP contribution in [0.1, 0.15) is 17.3 Å². The Morgan fingerprint density at radius 1 is 0.966 bits per heavy atom. The number of thiocarbonyl (C=S) groups is 1. The van der Waals surface area contributed by atoms with Crippen LogP contribution in [0.25, 0.3) is 0 Å². The predicted octanol–water partition coefficient (Wildman–Crippen LogP) is 3.25. The Hall–Kier alpha value is -2.68. The fourth-order valence-electron chi connectivity index (χ4n) is 2.32. The third-order valence-corrected chi connectivity index (χ3v) is 3.93. The molecule has 2 N–H and O–H groups in total. The molecular weight excluding hydrogens is 392 g/mol. The van der Waals surface area contributed by atoms with Crippen LogP contribution in [-0.2, 0) is 9.47 Å². The highest BCUT2D eigenvalue weighted by Gasteiger charge is 2.10. The van der Waals surface area contributed by atoms with Crippen molar-refractivity contribution in [1.82, 2.24) is 5.32 Å². The molecule has 0 atom stereocenters. The van der Waals surface area contributed by atoms with Crippen LogP contribution in [0.4, 0.5) is 5.69 Å². The van der Waals surface area contributed by atoms with Crippen molar-refractivity contribution in [2.75, 3.05) is 45.5 Å². The van der Waals surface area contributed by atoms with Gasteiger partial charge in [-0.1, -0.05) is 12.1 Å². The molecule has 0 aromatic heterocycles. The van der Waals surface area contributed by atoms with Crippen LogP contribution < -0.4 is 20.1 Å². The van der Waals surface area contributed by atoms with E-state index >= 15 is 0 Å². The average Bonchev–Trinajstić information content (AvgIpc) is 2.73. The van der Waals surface area contributed by atoms with Crippen LogP contribution in [0.15, 0.2) is 48.5 Å². The molecule has 0 heterocycles. The van der Waals surface area contributed by atoms with E-state index in [1.807, 2.05) is 31.2 Å². The van der Waals surface area contributed by atoms with Crippen molar-refractivity contribution in [2.45, 2.75) is 6.92 Å². The highest BCUT2D eigenvalue weighted by molar-refractivity contribution is 7.80. The van der Waals surface area contributed by atoms with Gasteiger partial charge in [0.2, 0.25) is 0 Å². The van der Waals surface area contributed by atoms with E-state index < -0.39 is 0 Å². The molecule has 2 aromatic rings. The smallest absolute Gasteiger partial charge is 0.257 e. The minimum Gasteiger partial charge on any atom is -0.491 e. The van der Waals surface area contributed by atoms with E-state index in [-0.39, 0.29) is 11.0 Å². The molecule has 8 heteroatoms. The fourth-order valence-corrected chi connectivity index (χ4v) is 2.53. The van der Waals surface area contributed by atoms with Crippen molar-refractivity contribution in [1.29, 1.82) is 0 Å². The van der Waals surface area contributed by atoms with Crippen molar-refractivity contribution in [2.24, 2.45) is 0 Å². The second-order valence-corrected chi connectivity index (χ2v) is 6.22. The Morgan fingerprint density at radius 2 is 1.69 bits per heavy atom. The lowest BCUT2D eigenvalue weighted by atomic mass is 10.2. The third kappa shape index (κ3) is 8.06. The predicted molar refractivity (Wildman–Crippen MR) is 116 cm³/mol. The van der Waals surface area contributed by atoms with Crippen LogP contribution >= 0.6 is 12.2 Å². The molecule has 0 aliphatic heterocycles. The van der Waals surface area contributed by atoms with Gasteiger partial charge < -0.3 is 24.3 Å². The SMILES string of the molecule is CCOCCOc1ccccc1NC(=S)NC(=O)c1ccc(OCCOC)cc1. The zero-order valence-corrected chi connectivity index (χ0v) is 17.4. The maximum Gasteiger partial charge on any atom is 0.257 e. The number of methoxy groups -OCH3 is 1. The minimum absolute atomic E-state index is 0.177. The summed E-state index contributed by atoms with van der Waals surface area (Å²) in [6.45, 7) is 4.43. The highest BCUT2D eigenvalue weighted by Crippen LogP contribution is 2.23. The number of nitrogens with one attached hydrogen (secondary N) is 2. The molecule has 2 aromatic carbocycles.